The fourth-order valence-electron chi connectivity index (χ4n) is 1.84. The summed E-state index contributed by atoms with van der Waals surface area (Å²) >= 11 is 0. The highest BCUT2D eigenvalue weighted by Crippen LogP contribution is 2.12. The number of nitriles is 1. The zero-order valence-corrected chi connectivity index (χ0v) is 11.8. The van der Waals surface area contributed by atoms with Crippen molar-refractivity contribution in [3.63, 3.8) is 0 Å². The van der Waals surface area contributed by atoms with Crippen LogP contribution in [0.15, 0.2) is 0 Å². The third-order valence-corrected chi connectivity index (χ3v) is 3.27. The largest absolute Gasteiger partial charge is 0.303 e. The van der Waals surface area contributed by atoms with E-state index < -0.39 is 5.54 Å². The van der Waals surface area contributed by atoms with Gasteiger partial charge in [-0.2, -0.15) is 10.4 Å². The molecule has 5 nitrogen and oxygen atoms in total. The van der Waals surface area contributed by atoms with E-state index in [0.29, 0.717) is 0 Å². The fourth-order valence-corrected chi connectivity index (χ4v) is 1.84. The lowest BCUT2D eigenvalue weighted by molar-refractivity contribution is 0.411. The summed E-state index contributed by atoms with van der Waals surface area (Å²) in [6.07, 6.45) is 3.50. The van der Waals surface area contributed by atoms with E-state index in [1.807, 2.05) is 18.7 Å². The van der Waals surface area contributed by atoms with Crippen molar-refractivity contribution in [1.82, 2.24) is 20.1 Å². The first-order valence-electron chi connectivity index (χ1n) is 6.61. The minimum absolute atomic E-state index is 0.444. The number of nitrogens with zero attached hydrogens (tertiary/aromatic N) is 4. The van der Waals surface area contributed by atoms with Crippen LogP contribution in [-0.4, -0.2) is 27.4 Å². The maximum atomic E-state index is 9.08. The molecular formula is C13H23N5. The molecule has 1 rings (SSSR count). The predicted molar refractivity (Wildman–Crippen MR) is 71.1 cm³/mol. The third-order valence-electron chi connectivity index (χ3n) is 3.27. The number of aryl methyl sites for hydroxylation is 3. The topological polar surface area (TPSA) is 66.5 Å². The zero-order valence-electron chi connectivity index (χ0n) is 11.8. The Labute approximate surface area is 109 Å². The quantitative estimate of drug-likeness (QED) is 0.798. The highest BCUT2D eigenvalue weighted by molar-refractivity contribution is 5.02. The monoisotopic (exact) mass is 249 g/mol. The zero-order chi connectivity index (χ0) is 13.6. The van der Waals surface area contributed by atoms with E-state index in [1.54, 1.807) is 0 Å². The summed E-state index contributed by atoms with van der Waals surface area (Å²) in [6.45, 7) is 6.90. The van der Waals surface area contributed by atoms with Crippen LogP contribution in [-0.2, 0) is 19.4 Å². The van der Waals surface area contributed by atoms with Crippen LogP contribution >= 0.6 is 0 Å². The average Bonchev–Trinajstić information content (AvgIpc) is 2.81. The third kappa shape index (κ3) is 3.54. The van der Waals surface area contributed by atoms with E-state index in [-0.39, 0.29) is 0 Å². The predicted octanol–water partition coefficient (Wildman–Crippen LogP) is 1.68. The number of nitrogens with one attached hydrogen (secondary N) is 1. The summed E-state index contributed by atoms with van der Waals surface area (Å²) in [5.41, 5.74) is -0.444. The molecule has 1 unspecified atom stereocenters. The van der Waals surface area contributed by atoms with Gasteiger partial charge in [-0.15, -0.1) is 0 Å². The molecule has 5 heteroatoms. The van der Waals surface area contributed by atoms with Crippen LogP contribution in [0.5, 0.6) is 0 Å². The van der Waals surface area contributed by atoms with E-state index in [1.165, 1.54) is 0 Å². The van der Waals surface area contributed by atoms with Crippen molar-refractivity contribution in [3.05, 3.63) is 11.6 Å². The Bertz CT molecular complexity index is 418. The second-order valence-electron chi connectivity index (χ2n) is 4.67. The van der Waals surface area contributed by atoms with Gasteiger partial charge in [0.25, 0.3) is 0 Å². The van der Waals surface area contributed by atoms with Gasteiger partial charge in [-0.1, -0.05) is 13.8 Å². The van der Waals surface area contributed by atoms with Crippen LogP contribution in [0.25, 0.3) is 0 Å². The molecule has 0 aliphatic rings. The van der Waals surface area contributed by atoms with Gasteiger partial charge in [0.15, 0.2) is 5.82 Å². The van der Waals surface area contributed by atoms with E-state index in [9.17, 15) is 0 Å². The van der Waals surface area contributed by atoms with E-state index >= 15 is 0 Å². The summed E-state index contributed by atoms with van der Waals surface area (Å²) in [4.78, 5) is 4.47. The first-order valence-corrected chi connectivity index (χ1v) is 6.61. The van der Waals surface area contributed by atoms with Crippen molar-refractivity contribution in [1.29, 1.82) is 5.26 Å². The Kier molecular flexibility index (Phi) is 5.29. The van der Waals surface area contributed by atoms with Gasteiger partial charge >= 0.3 is 0 Å². The Morgan fingerprint density at radius 2 is 2.11 bits per heavy atom. The number of rotatable bonds is 7. The van der Waals surface area contributed by atoms with Crippen molar-refractivity contribution >= 4 is 0 Å². The Morgan fingerprint density at radius 3 is 2.61 bits per heavy atom. The standard InChI is InChI=1S/C13H23N5/c1-5-11-16-12(6-2)18(17-11)9-7-8-13(3,10-14)15-4/h15H,5-9H2,1-4H3. The molecule has 1 N–H and O–H groups in total. The molecule has 0 amide bonds. The smallest absolute Gasteiger partial charge is 0.150 e. The maximum Gasteiger partial charge on any atom is 0.150 e. The highest BCUT2D eigenvalue weighted by Gasteiger charge is 2.20. The number of hydrogen-bond donors (Lipinski definition) is 1. The summed E-state index contributed by atoms with van der Waals surface area (Å²) in [5.74, 6) is 1.94. The molecule has 1 aromatic heterocycles. The first kappa shape index (κ1) is 14.7. The molecule has 0 bridgehead atoms. The second kappa shape index (κ2) is 6.50. The molecule has 0 aromatic carbocycles. The average molecular weight is 249 g/mol. The van der Waals surface area contributed by atoms with Gasteiger partial charge in [-0.3, -0.25) is 0 Å². The number of aromatic nitrogens is 3. The summed E-state index contributed by atoms with van der Waals surface area (Å²) < 4.78 is 1.98. The van der Waals surface area contributed by atoms with E-state index in [4.69, 9.17) is 5.26 Å². The van der Waals surface area contributed by atoms with Gasteiger partial charge in [0.1, 0.15) is 11.4 Å². The van der Waals surface area contributed by atoms with Crippen molar-refractivity contribution < 1.29 is 0 Å². The van der Waals surface area contributed by atoms with Crippen molar-refractivity contribution in [2.75, 3.05) is 7.05 Å². The molecule has 0 aliphatic carbocycles. The molecule has 0 saturated heterocycles. The van der Waals surface area contributed by atoms with Crippen LogP contribution in [0.2, 0.25) is 0 Å². The first-order chi connectivity index (χ1) is 8.58. The minimum atomic E-state index is -0.444. The van der Waals surface area contributed by atoms with Crippen molar-refractivity contribution in [2.24, 2.45) is 0 Å². The van der Waals surface area contributed by atoms with Crippen LogP contribution in [0, 0.1) is 11.3 Å². The van der Waals surface area contributed by atoms with Crippen LogP contribution in [0.3, 0.4) is 0 Å². The highest BCUT2D eigenvalue weighted by atomic mass is 15.3. The fraction of sp³-hybridized carbons (Fsp3) is 0.769. The van der Waals surface area contributed by atoms with Crippen LogP contribution in [0.4, 0.5) is 0 Å². The second-order valence-corrected chi connectivity index (χ2v) is 4.67. The molecule has 0 saturated carbocycles. The summed E-state index contributed by atoms with van der Waals surface area (Å²) in [5, 5.41) is 16.6. The molecule has 0 aliphatic heterocycles. The van der Waals surface area contributed by atoms with Crippen LogP contribution in [0.1, 0.15) is 45.3 Å². The van der Waals surface area contributed by atoms with Gasteiger partial charge in [0.05, 0.1) is 6.07 Å². The lowest BCUT2D eigenvalue weighted by Crippen LogP contribution is -2.38. The molecule has 100 valence electrons. The molecule has 18 heavy (non-hydrogen) atoms. The van der Waals surface area contributed by atoms with Crippen LogP contribution < -0.4 is 5.32 Å². The van der Waals surface area contributed by atoms with Crippen molar-refractivity contribution in [2.45, 2.75) is 58.5 Å². The summed E-state index contributed by atoms with van der Waals surface area (Å²) in [6, 6.07) is 2.30. The Balaban J connectivity index is 2.58. The van der Waals surface area contributed by atoms with Crippen molar-refractivity contribution in [3.8, 4) is 6.07 Å². The summed E-state index contributed by atoms with van der Waals surface area (Å²) in [7, 11) is 1.82. The number of hydrogen-bond acceptors (Lipinski definition) is 4. The molecule has 1 heterocycles. The normalized spacial score (nSPS) is 14.2. The van der Waals surface area contributed by atoms with Gasteiger partial charge in [-0.25, -0.2) is 9.67 Å². The minimum Gasteiger partial charge on any atom is -0.303 e. The lowest BCUT2D eigenvalue weighted by Gasteiger charge is -2.20. The Hall–Kier alpha value is -1.41. The molecule has 0 radical (unpaired) electrons. The van der Waals surface area contributed by atoms with Gasteiger partial charge in [0, 0.05) is 19.4 Å². The maximum absolute atomic E-state index is 9.08. The Morgan fingerprint density at radius 1 is 1.39 bits per heavy atom. The van der Waals surface area contributed by atoms with Gasteiger partial charge in [-0.05, 0) is 26.8 Å². The van der Waals surface area contributed by atoms with Gasteiger partial charge in [0.2, 0.25) is 0 Å². The molecular weight excluding hydrogens is 226 g/mol. The van der Waals surface area contributed by atoms with Gasteiger partial charge < -0.3 is 5.32 Å². The molecule has 0 fully saturated rings. The molecule has 1 atom stereocenters. The van der Waals surface area contributed by atoms with E-state index in [2.05, 4.69) is 35.3 Å². The molecule has 1 aromatic rings. The molecule has 0 spiro atoms. The van der Waals surface area contributed by atoms with E-state index in [0.717, 1.165) is 43.9 Å². The SMILES string of the molecule is CCc1nc(CC)n(CCCC(C)(C#N)NC)n1. The lowest BCUT2D eigenvalue weighted by atomic mass is 9.98.